The van der Waals surface area contributed by atoms with Crippen molar-refractivity contribution in [2.24, 2.45) is 0 Å². The first-order valence-electron chi connectivity index (χ1n) is 10.2. The SMILES string of the molecule is CC[NH+]1CCN(C(=O)c2cc(-c3ccc(OC)cc3)nn2-c2ccc(F)cc2)CC1. The summed E-state index contributed by atoms with van der Waals surface area (Å²) in [6.07, 6.45) is 0. The second-order valence-corrected chi connectivity index (χ2v) is 7.43. The average Bonchev–Trinajstić information content (AvgIpc) is 3.24. The van der Waals surface area contributed by atoms with Gasteiger partial charge in [0.1, 0.15) is 17.3 Å². The number of ether oxygens (including phenoxy) is 1. The summed E-state index contributed by atoms with van der Waals surface area (Å²) in [5.41, 5.74) is 2.69. The predicted molar refractivity (Wildman–Crippen MR) is 113 cm³/mol. The average molecular weight is 409 g/mol. The molecule has 1 saturated heterocycles. The van der Waals surface area contributed by atoms with Crippen molar-refractivity contribution >= 4 is 5.91 Å². The van der Waals surface area contributed by atoms with Gasteiger partial charge in [-0.2, -0.15) is 5.10 Å². The minimum Gasteiger partial charge on any atom is -0.497 e. The quantitative estimate of drug-likeness (QED) is 0.702. The first kappa shape index (κ1) is 20.1. The monoisotopic (exact) mass is 409 g/mol. The van der Waals surface area contributed by atoms with Gasteiger partial charge in [-0.1, -0.05) is 0 Å². The van der Waals surface area contributed by atoms with Crippen LogP contribution in [0.2, 0.25) is 0 Å². The second-order valence-electron chi connectivity index (χ2n) is 7.43. The van der Waals surface area contributed by atoms with E-state index in [4.69, 9.17) is 4.74 Å². The summed E-state index contributed by atoms with van der Waals surface area (Å²) in [6.45, 7) is 6.55. The highest BCUT2D eigenvalue weighted by atomic mass is 19.1. The first-order chi connectivity index (χ1) is 14.6. The Labute approximate surface area is 175 Å². The summed E-state index contributed by atoms with van der Waals surface area (Å²) < 4.78 is 20.3. The third-order valence-corrected chi connectivity index (χ3v) is 5.64. The minimum absolute atomic E-state index is 0.0539. The molecule has 3 aromatic rings. The smallest absolute Gasteiger partial charge is 0.273 e. The largest absolute Gasteiger partial charge is 0.497 e. The number of aromatic nitrogens is 2. The fourth-order valence-electron chi connectivity index (χ4n) is 3.76. The number of nitrogens with one attached hydrogen (secondary N) is 1. The fraction of sp³-hybridized carbons (Fsp3) is 0.304. The Kier molecular flexibility index (Phi) is 5.81. The Morgan fingerprint density at radius 2 is 1.77 bits per heavy atom. The van der Waals surface area contributed by atoms with E-state index >= 15 is 0 Å². The van der Waals surface area contributed by atoms with Crippen LogP contribution in [-0.2, 0) is 0 Å². The maximum absolute atomic E-state index is 13.4. The Hall–Kier alpha value is -3.19. The molecule has 30 heavy (non-hydrogen) atoms. The van der Waals surface area contributed by atoms with Gasteiger partial charge in [0.05, 0.1) is 51.2 Å². The zero-order chi connectivity index (χ0) is 21.1. The molecule has 156 valence electrons. The second kappa shape index (κ2) is 8.67. The maximum Gasteiger partial charge on any atom is 0.273 e. The molecule has 0 atom stereocenters. The van der Waals surface area contributed by atoms with Crippen molar-refractivity contribution in [3.05, 3.63) is 66.1 Å². The molecule has 0 bridgehead atoms. The molecule has 1 fully saturated rings. The Morgan fingerprint density at radius 3 is 2.37 bits per heavy atom. The predicted octanol–water partition coefficient (Wildman–Crippen LogP) is 2.05. The molecular weight excluding hydrogens is 383 g/mol. The number of carbonyl (C=O) groups is 1. The van der Waals surface area contributed by atoms with Crippen LogP contribution in [0, 0.1) is 5.82 Å². The van der Waals surface area contributed by atoms with Crippen molar-refractivity contribution in [1.29, 1.82) is 0 Å². The number of carbonyl (C=O) groups excluding carboxylic acids is 1. The van der Waals surface area contributed by atoms with Crippen LogP contribution in [0.3, 0.4) is 0 Å². The number of amides is 1. The van der Waals surface area contributed by atoms with Crippen LogP contribution in [0.15, 0.2) is 54.6 Å². The van der Waals surface area contributed by atoms with Crippen molar-refractivity contribution in [2.75, 3.05) is 39.8 Å². The highest BCUT2D eigenvalue weighted by Crippen LogP contribution is 2.25. The molecule has 0 spiro atoms. The van der Waals surface area contributed by atoms with Crippen LogP contribution in [0.4, 0.5) is 4.39 Å². The van der Waals surface area contributed by atoms with Crippen molar-refractivity contribution in [2.45, 2.75) is 6.92 Å². The van der Waals surface area contributed by atoms with E-state index in [0.717, 1.165) is 30.9 Å². The lowest BCUT2D eigenvalue weighted by molar-refractivity contribution is -0.902. The molecule has 2 aromatic carbocycles. The van der Waals surface area contributed by atoms with Crippen LogP contribution in [-0.4, -0.2) is 60.4 Å². The molecule has 0 radical (unpaired) electrons. The summed E-state index contributed by atoms with van der Waals surface area (Å²) in [5, 5.41) is 4.68. The van der Waals surface area contributed by atoms with Gasteiger partial charge in [-0.25, -0.2) is 9.07 Å². The van der Waals surface area contributed by atoms with Crippen LogP contribution in [0.25, 0.3) is 16.9 Å². The van der Waals surface area contributed by atoms with Gasteiger partial charge in [0.25, 0.3) is 5.91 Å². The summed E-state index contributed by atoms with van der Waals surface area (Å²) in [5.74, 6) is 0.374. The van der Waals surface area contributed by atoms with Crippen molar-refractivity contribution in [3.8, 4) is 22.7 Å². The molecule has 0 unspecified atom stereocenters. The van der Waals surface area contributed by atoms with Crippen LogP contribution >= 0.6 is 0 Å². The highest BCUT2D eigenvalue weighted by molar-refractivity contribution is 5.94. The van der Waals surface area contributed by atoms with Gasteiger partial charge in [-0.15, -0.1) is 0 Å². The number of piperazine rings is 1. The van der Waals surface area contributed by atoms with Gasteiger partial charge in [0.2, 0.25) is 0 Å². The molecule has 2 heterocycles. The van der Waals surface area contributed by atoms with Gasteiger partial charge in [-0.05, 0) is 61.5 Å². The zero-order valence-electron chi connectivity index (χ0n) is 17.3. The van der Waals surface area contributed by atoms with Gasteiger partial charge in [-0.3, -0.25) is 4.79 Å². The lowest BCUT2D eigenvalue weighted by atomic mass is 10.1. The van der Waals surface area contributed by atoms with E-state index in [1.54, 1.807) is 23.9 Å². The zero-order valence-corrected chi connectivity index (χ0v) is 17.3. The highest BCUT2D eigenvalue weighted by Gasteiger charge is 2.27. The third-order valence-electron chi connectivity index (χ3n) is 5.64. The Balaban J connectivity index is 1.70. The van der Waals surface area contributed by atoms with E-state index in [0.29, 0.717) is 30.2 Å². The summed E-state index contributed by atoms with van der Waals surface area (Å²) >= 11 is 0. The molecule has 1 aromatic heterocycles. The van der Waals surface area contributed by atoms with E-state index < -0.39 is 0 Å². The van der Waals surface area contributed by atoms with Crippen LogP contribution in [0.1, 0.15) is 17.4 Å². The molecule has 4 rings (SSSR count). The van der Waals surface area contributed by atoms with Crippen molar-refractivity contribution in [1.82, 2.24) is 14.7 Å². The molecule has 1 amide bonds. The number of halogens is 1. The number of likely N-dealkylation sites (N-methyl/N-ethyl adjacent to an activating group) is 1. The van der Waals surface area contributed by atoms with E-state index in [9.17, 15) is 9.18 Å². The van der Waals surface area contributed by atoms with E-state index in [1.807, 2.05) is 35.2 Å². The molecule has 1 N–H and O–H groups in total. The number of benzene rings is 2. The molecule has 6 nitrogen and oxygen atoms in total. The number of quaternary nitrogens is 1. The van der Waals surface area contributed by atoms with E-state index in [2.05, 4.69) is 12.0 Å². The number of methoxy groups -OCH3 is 1. The molecule has 1 aliphatic rings. The molecule has 7 heteroatoms. The first-order valence-corrected chi connectivity index (χ1v) is 10.2. The van der Waals surface area contributed by atoms with Gasteiger partial charge in [0, 0.05) is 5.56 Å². The van der Waals surface area contributed by atoms with Crippen molar-refractivity contribution in [3.63, 3.8) is 0 Å². The standard InChI is InChI=1S/C23H25FN4O2/c1-3-26-12-14-27(15-13-26)23(29)22-16-21(17-4-10-20(30-2)11-5-17)25-28(22)19-8-6-18(24)7-9-19/h4-11,16H,3,12-15H2,1-2H3/p+1. The molecule has 0 saturated carbocycles. The number of hydrogen-bond acceptors (Lipinski definition) is 3. The normalized spacial score (nSPS) is 14.7. The Morgan fingerprint density at radius 1 is 1.10 bits per heavy atom. The van der Waals surface area contributed by atoms with Crippen molar-refractivity contribution < 1.29 is 18.8 Å². The molecule has 0 aliphatic carbocycles. The van der Waals surface area contributed by atoms with E-state index in [-0.39, 0.29) is 11.7 Å². The molecular formula is C23H26FN4O2+. The number of hydrogen-bond donors (Lipinski definition) is 1. The molecule has 1 aliphatic heterocycles. The minimum atomic E-state index is -0.326. The summed E-state index contributed by atoms with van der Waals surface area (Å²) in [7, 11) is 1.62. The fourth-order valence-corrected chi connectivity index (χ4v) is 3.76. The van der Waals surface area contributed by atoms with Crippen LogP contribution in [0.5, 0.6) is 5.75 Å². The van der Waals surface area contributed by atoms with Gasteiger partial charge >= 0.3 is 0 Å². The summed E-state index contributed by atoms with van der Waals surface area (Å²) in [4.78, 5) is 16.8. The van der Waals surface area contributed by atoms with Crippen LogP contribution < -0.4 is 9.64 Å². The Bertz CT molecular complexity index is 1010. The number of rotatable bonds is 5. The van der Waals surface area contributed by atoms with Gasteiger partial charge in [0.15, 0.2) is 0 Å². The lowest BCUT2D eigenvalue weighted by Crippen LogP contribution is -3.14. The lowest BCUT2D eigenvalue weighted by Gasteiger charge is -2.31. The topological polar surface area (TPSA) is 51.8 Å². The van der Waals surface area contributed by atoms with E-state index in [1.165, 1.54) is 17.0 Å². The third kappa shape index (κ3) is 4.07. The maximum atomic E-state index is 13.4. The number of nitrogens with zero attached hydrogens (tertiary/aromatic N) is 3. The van der Waals surface area contributed by atoms with Gasteiger partial charge < -0.3 is 14.5 Å². The summed E-state index contributed by atoms with van der Waals surface area (Å²) in [6, 6.07) is 15.4.